The van der Waals surface area contributed by atoms with E-state index in [0.717, 1.165) is 31.5 Å². The number of amides is 1. The van der Waals surface area contributed by atoms with Crippen LogP contribution in [0.3, 0.4) is 0 Å². The predicted octanol–water partition coefficient (Wildman–Crippen LogP) is 2.23. The van der Waals surface area contributed by atoms with Crippen LogP contribution in [0.15, 0.2) is 36.7 Å². The number of aromatic nitrogens is 2. The van der Waals surface area contributed by atoms with E-state index in [1.165, 1.54) is 5.56 Å². The number of hydrogen-bond acceptors (Lipinski definition) is 5. The van der Waals surface area contributed by atoms with Crippen LogP contribution in [0, 0.1) is 24.2 Å². The topological polar surface area (TPSA) is 81.9 Å². The van der Waals surface area contributed by atoms with Crippen molar-refractivity contribution < 1.29 is 4.79 Å². The average molecular weight is 349 g/mol. The summed E-state index contributed by atoms with van der Waals surface area (Å²) in [6.45, 7) is 4.38. The molecule has 0 unspecified atom stereocenters. The molecule has 1 saturated heterocycles. The molecule has 1 aromatic carbocycles. The summed E-state index contributed by atoms with van der Waals surface area (Å²) in [7, 11) is 0. The minimum absolute atomic E-state index is 0.0683. The molecule has 2 aromatic rings. The van der Waals surface area contributed by atoms with Crippen LogP contribution < -0.4 is 10.2 Å². The summed E-state index contributed by atoms with van der Waals surface area (Å²) in [6.07, 6.45) is 5.51. The van der Waals surface area contributed by atoms with Gasteiger partial charge in [-0.2, -0.15) is 5.26 Å². The van der Waals surface area contributed by atoms with Crippen molar-refractivity contribution in [3.8, 4) is 6.07 Å². The number of hydrogen-bond donors (Lipinski definition) is 1. The minimum Gasteiger partial charge on any atom is -0.356 e. The molecule has 0 spiro atoms. The van der Waals surface area contributed by atoms with E-state index in [4.69, 9.17) is 5.26 Å². The van der Waals surface area contributed by atoms with E-state index in [9.17, 15) is 4.79 Å². The van der Waals surface area contributed by atoms with E-state index < -0.39 is 0 Å². The molecule has 0 atom stereocenters. The molecule has 1 N–H and O–H groups in total. The Morgan fingerprint density at radius 3 is 2.81 bits per heavy atom. The third-order valence-corrected chi connectivity index (χ3v) is 4.73. The highest BCUT2D eigenvalue weighted by Crippen LogP contribution is 2.22. The fraction of sp³-hybridized carbons (Fsp3) is 0.400. The van der Waals surface area contributed by atoms with Gasteiger partial charge in [-0.05, 0) is 31.2 Å². The Morgan fingerprint density at radius 2 is 2.08 bits per heavy atom. The molecule has 2 heterocycles. The highest BCUT2D eigenvalue weighted by Gasteiger charge is 2.22. The van der Waals surface area contributed by atoms with Gasteiger partial charge in [-0.15, -0.1) is 0 Å². The minimum atomic E-state index is 0.0683. The van der Waals surface area contributed by atoms with Crippen molar-refractivity contribution in [2.75, 3.05) is 24.5 Å². The highest BCUT2D eigenvalue weighted by atomic mass is 16.1. The van der Waals surface area contributed by atoms with Gasteiger partial charge in [0.15, 0.2) is 11.5 Å². The molecule has 1 fully saturated rings. The summed E-state index contributed by atoms with van der Waals surface area (Å²) in [5.41, 5.74) is 2.59. The maximum atomic E-state index is 12.2. The first-order valence-electron chi connectivity index (χ1n) is 8.94. The Bertz CT molecular complexity index is 806. The van der Waals surface area contributed by atoms with Crippen molar-refractivity contribution in [2.24, 2.45) is 5.92 Å². The Morgan fingerprint density at radius 1 is 1.31 bits per heavy atom. The van der Waals surface area contributed by atoms with Gasteiger partial charge >= 0.3 is 0 Å². The van der Waals surface area contributed by atoms with Gasteiger partial charge in [0.2, 0.25) is 5.91 Å². The molecule has 1 aliphatic rings. The van der Waals surface area contributed by atoms with Crippen LogP contribution >= 0.6 is 0 Å². The van der Waals surface area contributed by atoms with Gasteiger partial charge in [0, 0.05) is 32.0 Å². The van der Waals surface area contributed by atoms with E-state index in [-0.39, 0.29) is 5.91 Å². The zero-order valence-corrected chi connectivity index (χ0v) is 15.0. The highest BCUT2D eigenvalue weighted by molar-refractivity contribution is 5.78. The van der Waals surface area contributed by atoms with Crippen LogP contribution in [-0.2, 0) is 11.2 Å². The Kier molecular flexibility index (Phi) is 5.80. The molecule has 1 amide bonds. The molecule has 0 bridgehead atoms. The zero-order valence-electron chi connectivity index (χ0n) is 15.0. The molecule has 6 nitrogen and oxygen atoms in total. The second kappa shape index (κ2) is 8.43. The van der Waals surface area contributed by atoms with Crippen LogP contribution in [-0.4, -0.2) is 35.5 Å². The first-order valence-corrected chi connectivity index (χ1v) is 8.94. The van der Waals surface area contributed by atoms with E-state index in [2.05, 4.69) is 26.3 Å². The number of anilines is 1. The van der Waals surface area contributed by atoms with Gasteiger partial charge in [-0.3, -0.25) is 4.79 Å². The standard InChI is InChI=1S/C20H23N5O/c1-15-3-2-4-17(11-15)12-19(26)24-14-16-5-9-25(10-6-16)20-18(13-21)22-7-8-23-20/h2-4,7-8,11,16H,5-6,9-10,12,14H2,1H3,(H,24,26). The maximum Gasteiger partial charge on any atom is 0.224 e. The monoisotopic (exact) mass is 349 g/mol. The number of aryl methyl sites for hydroxylation is 1. The average Bonchev–Trinajstić information content (AvgIpc) is 2.67. The molecule has 0 aliphatic carbocycles. The first-order chi connectivity index (χ1) is 12.7. The van der Waals surface area contributed by atoms with Gasteiger partial charge in [0.05, 0.1) is 6.42 Å². The molecule has 0 radical (unpaired) electrons. The number of carbonyl (C=O) groups excluding carboxylic acids is 1. The molecule has 26 heavy (non-hydrogen) atoms. The molecular weight excluding hydrogens is 326 g/mol. The van der Waals surface area contributed by atoms with Gasteiger partial charge in [-0.25, -0.2) is 9.97 Å². The molecular formula is C20H23N5O. The third-order valence-electron chi connectivity index (χ3n) is 4.73. The fourth-order valence-electron chi connectivity index (χ4n) is 3.32. The molecule has 6 heteroatoms. The zero-order chi connectivity index (χ0) is 18.4. The lowest BCUT2D eigenvalue weighted by atomic mass is 9.96. The van der Waals surface area contributed by atoms with Crippen LogP contribution in [0.25, 0.3) is 0 Å². The van der Waals surface area contributed by atoms with E-state index in [0.29, 0.717) is 30.4 Å². The van der Waals surface area contributed by atoms with Crippen LogP contribution in [0.5, 0.6) is 0 Å². The Balaban J connectivity index is 1.45. The lowest BCUT2D eigenvalue weighted by Crippen LogP contribution is -2.39. The van der Waals surface area contributed by atoms with Crippen molar-refractivity contribution in [1.82, 2.24) is 15.3 Å². The number of piperidine rings is 1. The van der Waals surface area contributed by atoms with Crippen molar-refractivity contribution in [3.63, 3.8) is 0 Å². The van der Waals surface area contributed by atoms with Gasteiger partial charge < -0.3 is 10.2 Å². The van der Waals surface area contributed by atoms with Crippen molar-refractivity contribution in [1.29, 1.82) is 5.26 Å². The lowest BCUT2D eigenvalue weighted by Gasteiger charge is -2.32. The largest absolute Gasteiger partial charge is 0.356 e. The molecule has 0 saturated carbocycles. The second-order valence-corrected chi connectivity index (χ2v) is 6.74. The third kappa shape index (κ3) is 4.57. The van der Waals surface area contributed by atoms with Crippen molar-refractivity contribution in [3.05, 3.63) is 53.5 Å². The van der Waals surface area contributed by atoms with Crippen LogP contribution in [0.4, 0.5) is 5.82 Å². The summed E-state index contributed by atoms with van der Waals surface area (Å²) in [5.74, 6) is 1.19. The number of nitrogens with zero attached hydrogens (tertiary/aromatic N) is 4. The summed E-state index contributed by atoms with van der Waals surface area (Å²) in [5, 5.41) is 12.2. The van der Waals surface area contributed by atoms with E-state index >= 15 is 0 Å². The summed E-state index contributed by atoms with van der Waals surface area (Å²) < 4.78 is 0. The molecule has 1 aliphatic heterocycles. The number of carbonyl (C=O) groups is 1. The lowest BCUT2D eigenvalue weighted by molar-refractivity contribution is -0.120. The summed E-state index contributed by atoms with van der Waals surface area (Å²) in [4.78, 5) is 22.6. The molecule has 1 aromatic heterocycles. The number of rotatable bonds is 5. The maximum absolute atomic E-state index is 12.2. The quantitative estimate of drug-likeness (QED) is 0.895. The molecule has 3 rings (SSSR count). The smallest absolute Gasteiger partial charge is 0.224 e. The second-order valence-electron chi connectivity index (χ2n) is 6.74. The van der Waals surface area contributed by atoms with Crippen molar-refractivity contribution in [2.45, 2.75) is 26.2 Å². The summed E-state index contributed by atoms with van der Waals surface area (Å²) in [6, 6.07) is 10.1. The normalized spacial score (nSPS) is 14.7. The van der Waals surface area contributed by atoms with Gasteiger partial charge in [0.25, 0.3) is 0 Å². The summed E-state index contributed by atoms with van der Waals surface area (Å²) >= 11 is 0. The Hall–Kier alpha value is -2.94. The first kappa shape index (κ1) is 17.9. The number of nitriles is 1. The van der Waals surface area contributed by atoms with E-state index in [1.807, 2.05) is 31.2 Å². The Labute approximate surface area is 153 Å². The number of nitrogens with one attached hydrogen (secondary N) is 1. The van der Waals surface area contributed by atoms with Gasteiger partial charge in [-0.1, -0.05) is 29.8 Å². The van der Waals surface area contributed by atoms with E-state index in [1.54, 1.807) is 12.4 Å². The predicted molar refractivity (Wildman–Crippen MR) is 99.6 cm³/mol. The van der Waals surface area contributed by atoms with Crippen LogP contribution in [0.1, 0.15) is 29.7 Å². The van der Waals surface area contributed by atoms with Crippen LogP contribution in [0.2, 0.25) is 0 Å². The number of benzene rings is 1. The van der Waals surface area contributed by atoms with Crippen molar-refractivity contribution >= 4 is 11.7 Å². The van der Waals surface area contributed by atoms with Gasteiger partial charge in [0.1, 0.15) is 6.07 Å². The molecule has 134 valence electrons. The SMILES string of the molecule is Cc1cccc(CC(=O)NCC2CCN(c3nccnc3C#N)CC2)c1. The fourth-order valence-corrected chi connectivity index (χ4v) is 3.32.